The summed E-state index contributed by atoms with van der Waals surface area (Å²) < 4.78 is 23.3. The number of nitrogens with one attached hydrogen (secondary N) is 3. The number of halogens is 1. The minimum absolute atomic E-state index is 0.218. The number of thioether (sulfide) groups is 1. The van der Waals surface area contributed by atoms with Crippen LogP contribution in [0, 0.1) is 5.82 Å². The zero-order valence-corrected chi connectivity index (χ0v) is 16.5. The van der Waals surface area contributed by atoms with Gasteiger partial charge in [-0.3, -0.25) is 15.6 Å². The fourth-order valence-corrected chi connectivity index (χ4v) is 3.01. The number of methoxy groups -OCH3 is 2. The largest absolute Gasteiger partial charge is 0.497 e. The van der Waals surface area contributed by atoms with E-state index in [0.717, 1.165) is 5.56 Å². The summed E-state index contributed by atoms with van der Waals surface area (Å²) in [6.45, 7) is 0. The summed E-state index contributed by atoms with van der Waals surface area (Å²) in [5, 5.41) is 3.16. The van der Waals surface area contributed by atoms with Crippen LogP contribution in [0.1, 0.15) is 5.56 Å². The quantitative estimate of drug-likeness (QED) is 0.479. The molecule has 2 aromatic carbocycles. The standard InChI is InChI=1S/C18H20FN3O3S2/c1-24-14-7-8-15(16(9-14)25-2)20-18(26)22-21-17(23)11-27-10-12-3-5-13(19)6-4-12/h3-9H,10-11H2,1-2H3,(H,21,23)(H2,20,22,26). The maximum atomic E-state index is 12.8. The van der Waals surface area contributed by atoms with E-state index in [1.807, 2.05) is 0 Å². The predicted octanol–water partition coefficient (Wildman–Crippen LogP) is 3.09. The van der Waals surface area contributed by atoms with Crippen LogP contribution < -0.4 is 25.6 Å². The first-order chi connectivity index (χ1) is 13.0. The van der Waals surface area contributed by atoms with Gasteiger partial charge >= 0.3 is 0 Å². The third-order valence-electron chi connectivity index (χ3n) is 3.39. The van der Waals surface area contributed by atoms with Crippen molar-refractivity contribution in [2.75, 3.05) is 25.3 Å². The molecular formula is C18H20FN3O3S2. The number of carbonyl (C=O) groups excluding carboxylic acids is 1. The van der Waals surface area contributed by atoms with E-state index in [0.29, 0.717) is 22.9 Å². The van der Waals surface area contributed by atoms with Crippen molar-refractivity contribution < 1.29 is 18.7 Å². The van der Waals surface area contributed by atoms with E-state index < -0.39 is 0 Å². The van der Waals surface area contributed by atoms with Gasteiger partial charge in [-0.1, -0.05) is 12.1 Å². The third-order valence-corrected chi connectivity index (χ3v) is 4.60. The molecule has 0 saturated heterocycles. The zero-order chi connectivity index (χ0) is 19.6. The van der Waals surface area contributed by atoms with Crippen LogP contribution in [0.2, 0.25) is 0 Å². The first-order valence-corrected chi connectivity index (χ1v) is 9.48. The van der Waals surface area contributed by atoms with Gasteiger partial charge in [0.2, 0.25) is 5.91 Å². The Morgan fingerprint density at radius 3 is 2.52 bits per heavy atom. The molecule has 0 bridgehead atoms. The molecule has 3 N–H and O–H groups in total. The number of rotatable bonds is 7. The molecule has 144 valence electrons. The molecule has 0 atom stereocenters. The lowest BCUT2D eigenvalue weighted by atomic mass is 10.2. The van der Waals surface area contributed by atoms with Crippen LogP contribution in [0.3, 0.4) is 0 Å². The van der Waals surface area contributed by atoms with Crippen molar-refractivity contribution in [3.63, 3.8) is 0 Å². The summed E-state index contributed by atoms with van der Waals surface area (Å²) in [6.07, 6.45) is 0. The molecule has 9 heteroatoms. The van der Waals surface area contributed by atoms with Crippen molar-refractivity contribution in [3.8, 4) is 11.5 Å². The van der Waals surface area contributed by atoms with Gasteiger partial charge in [-0.05, 0) is 42.0 Å². The van der Waals surface area contributed by atoms with Crippen LogP contribution in [0.4, 0.5) is 10.1 Å². The van der Waals surface area contributed by atoms with E-state index in [-0.39, 0.29) is 22.6 Å². The Morgan fingerprint density at radius 2 is 1.85 bits per heavy atom. The number of anilines is 1. The van der Waals surface area contributed by atoms with Crippen molar-refractivity contribution in [2.45, 2.75) is 5.75 Å². The average Bonchev–Trinajstić information content (AvgIpc) is 2.68. The number of ether oxygens (including phenoxy) is 2. The number of amides is 1. The minimum Gasteiger partial charge on any atom is -0.497 e. The van der Waals surface area contributed by atoms with E-state index in [9.17, 15) is 9.18 Å². The number of hydrogen-bond donors (Lipinski definition) is 3. The van der Waals surface area contributed by atoms with E-state index in [2.05, 4.69) is 16.2 Å². The van der Waals surface area contributed by atoms with Gasteiger partial charge in [0.1, 0.15) is 17.3 Å². The molecule has 6 nitrogen and oxygen atoms in total. The van der Waals surface area contributed by atoms with Gasteiger partial charge in [-0.25, -0.2) is 4.39 Å². The van der Waals surface area contributed by atoms with Gasteiger partial charge in [0, 0.05) is 11.8 Å². The first kappa shape index (κ1) is 20.8. The molecule has 0 spiro atoms. The summed E-state index contributed by atoms with van der Waals surface area (Å²) >= 11 is 6.57. The molecule has 0 aliphatic carbocycles. The molecule has 0 fully saturated rings. The van der Waals surface area contributed by atoms with E-state index in [4.69, 9.17) is 21.7 Å². The zero-order valence-electron chi connectivity index (χ0n) is 14.9. The number of benzene rings is 2. The molecule has 27 heavy (non-hydrogen) atoms. The molecule has 0 saturated carbocycles. The Bertz CT molecular complexity index is 788. The van der Waals surface area contributed by atoms with Gasteiger partial charge in [0.05, 0.1) is 25.7 Å². The molecule has 0 aromatic heterocycles. The minimum atomic E-state index is -0.278. The average molecular weight is 410 g/mol. The Morgan fingerprint density at radius 1 is 1.11 bits per heavy atom. The van der Waals surface area contributed by atoms with Gasteiger partial charge < -0.3 is 14.8 Å². The predicted molar refractivity (Wildman–Crippen MR) is 110 cm³/mol. The Balaban J connectivity index is 1.73. The lowest BCUT2D eigenvalue weighted by Crippen LogP contribution is -2.44. The van der Waals surface area contributed by atoms with Crippen LogP contribution in [0.5, 0.6) is 11.5 Å². The summed E-state index contributed by atoms with van der Waals surface area (Å²) in [4.78, 5) is 11.9. The highest BCUT2D eigenvalue weighted by Gasteiger charge is 2.08. The Hall–Kier alpha value is -2.52. The molecule has 2 aromatic rings. The van der Waals surface area contributed by atoms with E-state index >= 15 is 0 Å². The Labute approximate surface area is 166 Å². The summed E-state index contributed by atoms with van der Waals surface area (Å²) in [7, 11) is 3.11. The second-order valence-corrected chi connectivity index (χ2v) is 6.71. The molecular weight excluding hydrogens is 389 g/mol. The second kappa shape index (κ2) is 10.6. The normalized spacial score (nSPS) is 10.0. The summed E-state index contributed by atoms with van der Waals surface area (Å²) in [6, 6.07) is 11.4. The fourth-order valence-electron chi connectivity index (χ4n) is 2.06. The number of hydrazine groups is 1. The van der Waals surface area contributed by atoms with Crippen molar-refractivity contribution in [3.05, 3.63) is 53.8 Å². The number of hydrogen-bond acceptors (Lipinski definition) is 5. The third kappa shape index (κ3) is 6.95. The molecule has 0 aliphatic heterocycles. The summed E-state index contributed by atoms with van der Waals surface area (Å²) in [5.74, 6) is 1.55. The lowest BCUT2D eigenvalue weighted by Gasteiger charge is -2.14. The second-order valence-electron chi connectivity index (χ2n) is 5.31. The monoisotopic (exact) mass is 409 g/mol. The van der Waals surface area contributed by atoms with Crippen LogP contribution in [-0.2, 0) is 10.5 Å². The SMILES string of the molecule is COc1ccc(NC(=S)NNC(=O)CSCc2ccc(F)cc2)c(OC)c1. The van der Waals surface area contributed by atoms with Crippen LogP contribution in [0.15, 0.2) is 42.5 Å². The smallest absolute Gasteiger partial charge is 0.248 e. The van der Waals surface area contributed by atoms with Gasteiger partial charge in [-0.2, -0.15) is 0 Å². The molecule has 0 heterocycles. The first-order valence-electron chi connectivity index (χ1n) is 7.92. The highest BCUT2D eigenvalue weighted by molar-refractivity contribution is 7.99. The van der Waals surface area contributed by atoms with Crippen LogP contribution in [0.25, 0.3) is 0 Å². The molecule has 0 radical (unpaired) electrons. The maximum absolute atomic E-state index is 12.8. The van der Waals surface area contributed by atoms with Crippen molar-refractivity contribution in [1.82, 2.24) is 10.9 Å². The molecule has 1 amide bonds. The van der Waals surface area contributed by atoms with Gasteiger partial charge in [0.25, 0.3) is 0 Å². The maximum Gasteiger partial charge on any atom is 0.248 e. The molecule has 0 unspecified atom stereocenters. The molecule has 0 aliphatic rings. The molecule has 2 rings (SSSR count). The number of thiocarbonyl (C=S) groups is 1. The lowest BCUT2D eigenvalue weighted by molar-refractivity contribution is -0.119. The van der Waals surface area contributed by atoms with Crippen LogP contribution in [-0.4, -0.2) is 31.0 Å². The Kier molecular flexibility index (Phi) is 8.15. The van der Waals surface area contributed by atoms with Gasteiger partial charge in [-0.15, -0.1) is 11.8 Å². The highest BCUT2D eigenvalue weighted by Crippen LogP contribution is 2.28. The fraction of sp³-hybridized carbons (Fsp3) is 0.222. The topological polar surface area (TPSA) is 71.6 Å². The summed E-state index contributed by atoms with van der Waals surface area (Å²) in [5.41, 5.74) is 6.74. The van der Waals surface area contributed by atoms with Crippen molar-refractivity contribution in [1.29, 1.82) is 0 Å². The highest BCUT2D eigenvalue weighted by atomic mass is 32.2. The van der Waals surface area contributed by atoms with Crippen molar-refractivity contribution >= 4 is 40.7 Å². The van der Waals surface area contributed by atoms with E-state index in [1.54, 1.807) is 37.4 Å². The van der Waals surface area contributed by atoms with E-state index in [1.165, 1.54) is 31.0 Å². The van der Waals surface area contributed by atoms with Crippen LogP contribution >= 0.6 is 24.0 Å². The van der Waals surface area contributed by atoms with Gasteiger partial charge in [0.15, 0.2) is 5.11 Å². The number of carbonyl (C=O) groups is 1. The van der Waals surface area contributed by atoms with Crippen molar-refractivity contribution in [2.24, 2.45) is 0 Å².